The van der Waals surface area contributed by atoms with Gasteiger partial charge in [-0.3, -0.25) is 0 Å². The van der Waals surface area contributed by atoms with Crippen LogP contribution in [0.5, 0.6) is 0 Å². The maximum atomic E-state index is 2.68. The molecular formula is C30H58. The van der Waals surface area contributed by atoms with Crippen LogP contribution in [0.3, 0.4) is 0 Å². The molecule has 7 unspecified atom stereocenters. The molecular weight excluding hydrogens is 360 g/mol. The van der Waals surface area contributed by atoms with Crippen LogP contribution in [0.2, 0.25) is 0 Å². The lowest BCUT2D eigenvalue weighted by Crippen LogP contribution is -2.32. The summed E-state index contributed by atoms with van der Waals surface area (Å²) in [7, 11) is 0. The standard InChI is InChI=1S/C30H58/c1-10-12-29(17-21(3)4)30(9)20-28(19-24(30)7)25(8)27-15-13-26(14-16-27)23(6)18-22(5)11-2/h21-29H,10-20H2,1-9H3. The predicted molar refractivity (Wildman–Crippen MR) is 136 cm³/mol. The van der Waals surface area contributed by atoms with Crippen molar-refractivity contribution >= 4 is 0 Å². The Hall–Kier alpha value is 0. The second kappa shape index (κ2) is 11.7. The minimum atomic E-state index is 0.585. The molecule has 0 nitrogen and oxygen atoms in total. The van der Waals surface area contributed by atoms with Crippen LogP contribution in [-0.4, -0.2) is 0 Å². The molecule has 0 bridgehead atoms. The summed E-state index contributed by atoms with van der Waals surface area (Å²) in [5.74, 6) is 8.49. The summed E-state index contributed by atoms with van der Waals surface area (Å²) in [4.78, 5) is 0. The van der Waals surface area contributed by atoms with Crippen LogP contribution in [0.15, 0.2) is 0 Å². The summed E-state index contributed by atoms with van der Waals surface area (Å²) in [5, 5.41) is 0. The van der Waals surface area contributed by atoms with E-state index in [4.69, 9.17) is 0 Å². The summed E-state index contributed by atoms with van der Waals surface area (Å²) >= 11 is 0. The Balaban J connectivity index is 1.93. The molecule has 2 fully saturated rings. The molecule has 0 heteroatoms. The first-order valence-electron chi connectivity index (χ1n) is 14.1. The number of hydrogen-bond acceptors (Lipinski definition) is 0. The molecule has 0 N–H and O–H groups in total. The van der Waals surface area contributed by atoms with E-state index < -0.39 is 0 Å². The Labute approximate surface area is 191 Å². The molecule has 2 saturated carbocycles. The SMILES string of the molecule is CCCC(CC(C)C)C1(C)CC(C(C)C2CCC(C(C)CC(C)CC)CC2)CC1C. The lowest BCUT2D eigenvalue weighted by Gasteiger charge is -2.40. The first-order chi connectivity index (χ1) is 14.1. The zero-order chi connectivity index (χ0) is 22.5. The second-order valence-electron chi connectivity index (χ2n) is 13.0. The Morgan fingerprint density at radius 3 is 1.97 bits per heavy atom. The van der Waals surface area contributed by atoms with E-state index in [0.29, 0.717) is 5.41 Å². The van der Waals surface area contributed by atoms with Gasteiger partial charge in [0, 0.05) is 0 Å². The van der Waals surface area contributed by atoms with Crippen molar-refractivity contribution in [1.82, 2.24) is 0 Å². The zero-order valence-corrected chi connectivity index (χ0v) is 22.5. The van der Waals surface area contributed by atoms with Gasteiger partial charge in [-0.25, -0.2) is 0 Å². The van der Waals surface area contributed by atoms with Gasteiger partial charge < -0.3 is 0 Å². The number of hydrogen-bond donors (Lipinski definition) is 0. The third-order valence-electron chi connectivity index (χ3n) is 10.4. The van der Waals surface area contributed by atoms with Gasteiger partial charge in [0.2, 0.25) is 0 Å². The molecule has 0 radical (unpaired) electrons. The highest BCUT2D eigenvalue weighted by Crippen LogP contribution is 2.57. The van der Waals surface area contributed by atoms with Crippen molar-refractivity contribution < 1.29 is 0 Å². The van der Waals surface area contributed by atoms with Gasteiger partial charge in [0.05, 0.1) is 0 Å². The lowest BCUT2D eigenvalue weighted by atomic mass is 9.65. The molecule has 0 amide bonds. The van der Waals surface area contributed by atoms with E-state index in [1.165, 1.54) is 70.6 Å². The molecule has 2 aliphatic carbocycles. The van der Waals surface area contributed by atoms with Gasteiger partial charge in [-0.2, -0.15) is 0 Å². The van der Waals surface area contributed by atoms with Crippen molar-refractivity contribution in [3.8, 4) is 0 Å². The van der Waals surface area contributed by atoms with Gasteiger partial charge in [-0.1, -0.05) is 81.6 Å². The van der Waals surface area contributed by atoms with Crippen LogP contribution >= 0.6 is 0 Å². The van der Waals surface area contributed by atoms with E-state index in [1.54, 1.807) is 0 Å². The molecule has 0 aliphatic heterocycles. The van der Waals surface area contributed by atoms with Crippen LogP contribution in [0, 0.1) is 58.7 Å². The summed E-state index contributed by atoms with van der Waals surface area (Å²) in [5.41, 5.74) is 0.585. The summed E-state index contributed by atoms with van der Waals surface area (Å²) in [6, 6.07) is 0. The van der Waals surface area contributed by atoms with Crippen molar-refractivity contribution in [2.45, 2.75) is 133 Å². The maximum Gasteiger partial charge on any atom is -0.0269 e. The molecule has 0 aromatic rings. The topological polar surface area (TPSA) is 0 Å². The van der Waals surface area contributed by atoms with Crippen LogP contribution in [0.4, 0.5) is 0 Å². The smallest absolute Gasteiger partial charge is 0.0269 e. The summed E-state index contributed by atoms with van der Waals surface area (Å²) < 4.78 is 0. The third kappa shape index (κ3) is 6.51. The molecule has 7 atom stereocenters. The fraction of sp³-hybridized carbons (Fsp3) is 1.00. The van der Waals surface area contributed by atoms with Crippen molar-refractivity contribution in [2.24, 2.45) is 58.7 Å². The molecule has 0 spiro atoms. The Bertz CT molecular complexity index is 470. The fourth-order valence-electron chi connectivity index (χ4n) is 7.80. The quantitative estimate of drug-likeness (QED) is 0.313. The van der Waals surface area contributed by atoms with E-state index >= 15 is 0 Å². The van der Waals surface area contributed by atoms with E-state index in [1.807, 2.05) is 0 Å². The normalized spacial score (nSPS) is 36.6. The van der Waals surface area contributed by atoms with Crippen molar-refractivity contribution in [2.75, 3.05) is 0 Å². The van der Waals surface area contributed by atoms with Crippen molar-refractivity contribution in [3.05, 3.63) is 0 Å². The van der Waals surface area contributed by atoms with E-state index in [-0.39, 0.29) is 0 Å². The highest BCUT2D eigenvalue weighted by molar-refractivity contribution is 4.97. The molecule has 30 heavy (non-hydrogen) atoms. The predicted octanol–water partition coefficient (Wildman–Crippen LogP) is 10.0. The molecule has 0 aromatic heterocycles. The monoisotopic (exact) mass is 418 g/mol. The van der Waals surface area contributed by atoms with Gasteiger partial charge >= 0.3 is 0 Å². The Morgan fingerprint density at radius 2 is 1.43 bits per heavy atom. The van der Waals surface area contributed by atoms with Crippen LogP contribution in [-0.2, 0) is 0 Å². The molecule has 2 rings (SSSR count). The average molecular weight is 419 g/mol. The maximum absolute atomic E-state index is 2.68. The second-order valence-corrected chi connectivity index (χ2v) is 13.0. The minimum absolute atomic E-state index is 0.585. The molecule has 0 heterocycles. The van der Waals surface area contributed by atoms with E-state index in [0.717, 1.165) is 53.3 Å². The lowest BCUT2D eigenvalue weighted by molar-refractivity contribution is 0.0918. The van der Waals surface area contributed by atoms with E-state index in [2.05, 4.69) is 62.3 Å². The number of rotatable bonds is 11. The third-order valence-corrected chi connectivity index (χ3v) is 10.4. The highest BCUT2D eigenvalue weighted by atomic mass is 14.5. The largest absolute Gasteiger partial charge is 0.0654 e. The average Bonchev–Trinajstić information content (AvgIpc) is 3.02. The molecule has 0 aromatic carbocycles. The first kappa shape index (κ1) is 26.3. The van der Waals surface area contributed by atoms with Gasteiger partial charge in [-0.05, 0) is 110 Å². The summed E-state index contributed by atoms with van der Waals surface area (Å²) in [6.07, 6.45) is 16.1. The fourth-order valence-corrected chi connectivity index (χ4v) is 7.80. The van der Waals surface area contributed by atoms with Gasteiger partial charge in [0.1, 0.15) is 0 Å². The molecule has 2 aliphatic rings. The molecule has 0 saturated heterocycles. The minimum Gasteiger partial charge on any atom is -0.0654 e. The highest BCUT2D eigenvalue weighted by Gasteiger charge is 2.48. The Morgan fingerprint density at radius 1 is 0.833 bits per heavy atom. The van der Waals surface area contributed by atoms with Gasteiger partial charge in [-0.15, -0.1) is 0 Å². The van der Waals surface area contributed by atoms with Crippen molar-refractivity contribution in [3.63, 3.8) is 0 Å². The first-order valence-corrected chi connectivity index (χ1v) is 14.1. The Kier molecular flexibility index (Phi) is 10.3. The van der Waals surface area contributed by atoms with Crippen LogP contribution in [0.1, 0.15) is 133 Å². The molecule has 178 valence electrons. The van der Waals surface area contributed by atoms with Gasteiger partial charge in [0.15, 0.2) is 0 Å². The van der Waals surface area contributed by atoms with E-state index in [9.17, 15) is 0 Å². The van der Waals surface area contributed by atoms with Crippen molar-refractivity contribution in [1.29, 1.82) is 0 Å². The summed E-state index contributed by atoms with van der Waals surface area (Å²) in [6.45, 7) is 22.6. The van der Waals surface area contributed by atoms with Gasteiger partial charge in [0.25, 0.3) is 0 Å². The van der Waals surface area contributed by atoms with Crippen LogP contribution < -0.4 is 0 Å². The van der Waals surface area contributed by atoms with Crippen LogP contribution in [0.25, 0.3) is 0 Å². The zero-order valence-electron chi connectivity index (χ0n) is 22.5.